The van der Waals surface area contributed by atoms with Crippen LogP contribution < -0.4 is 4.31 Å². The molecule has 8 nitrogen and oxygen atoms in total. The second-order valence-corrected chi connectivity index (χ2v) is 10.6. The summed E-state index contributed by atoms with van der Waals surface area (Å²) in [6.07, 6.45) is -0.805. The van der Waals surface area contributed by atoms with Crippen molar-refractivity contribution in [2.45, 2.75) is 44.1 Å². The molecule has 0 amide bonds. The average molecular weight is 478 g/mol. The van der Waals surface area contributed by atoms with E-state index in [9.17, 15) is 13.2 Å². The van der Waals surface area contributed by atoms with Crippen LogP contribution in [0.3, 0.4) is 0 Å². The number of carbonyl (C=O) groups is 1. The molecule has 0 radical (unpaired) electrons. The van der Waals surface area contributed by atoms with Gasteiger partial charge in [0.1, 0.15) is 0 Å². The topological polar surface area (TPSA) is 103 Å². The Labute approximate surface area is 192 Å². The minimum absolute atomic E-state index is 0.0603. The molecule has 3 aromatic rings. The van der Waals surface area contributed by atoms with Crippen LogP contribution in [0.25, 0.3) is 0 Å². The number of rotatable bonds is 6. The highest BCUT2D eigenvalue weighted by atomic mass is 35.5. The lowest BCUT2D eigenvalue weighted by atomic mass is 9.96. The molecule has 3 rings (SSSR count). The number of ether oxygens (including phenoxy) is 1. The molecule has 0 saturated heterocycles. The SMILES string of the molecule is C[C@@H](OC(=O)c1cccc(S(=O)(=O)N(C)c2cccc(Cl)c2)c1)c1nc(C(C)(C)C)no1. The predicted octanol–water partition coefficient (Wildman–Crippen LogP) is 4.76. The first-order valence-corrected chi connectivity index (χ1v) is 11.6. The molecule has 10 heteroatoms. The van der Waals surface area contributed by atoms with E-state index in [0.29, 0.717) is 16.5 Å². The zero-order chi connectivity index (χ0) is 23.7. The van der Waals surface area contributed by atoms with E-state index in [2.05, 4.69) is 10.1 Å². The van der Waals surface area contributed by atoms with E-state index in [1.807, 2.05) is 20.8 Å². The molecule has 0 bridgehead atoms. The van der Waals surface area contributed by atoms with Gasteiger partial charge in [-0.1, -0.05) is 49.7 Å². The lowest BCUT2D eigenvalue weighted by molar-refractivity contribution is 0.0265. The number of anilines is 1. The Morgan fingerprint density at radius 2 is 1.84 bits per heavy atom. The minimum atomic E-state index is -3.93. The Kier molecular flexibility index (Phi) is 6.61. The van der Waals surface area contributed by atoms with Crippen molar-refractivity contribution in [3.8, 4) is 0 Å². The summed E-state index contributed by atoms with van der Waals surface area (Å²) in [7, 11) is -2.52. The second kappa shape index (κ2) is 8.91. The first-order valence-electron chi connectivity index (χ1n) is 9.79. The molecule has 0 unspecified atom stereocenters. The maximum Gasteiger partial charge on any atom is 0.338 e. The van der Waals surface area contributed by atoms with Crippen molar-refractivity contribution in [3.63, 3.8) is 0 Å². The number of sulfonamides is 1. The van der Waals surface area contributed by atoms with Gasteiger partial charge >= 0.3 is 5.97 Å². The molecule has 2 aromatic carbocycles. The lowest BCUT2D eigenvalue weighted by Gasteiger charge is -2.20. The highest BCUT2D eigenvalue weighted by Crippen LogP contribution is 2.26. The standard InChI is InChI=1S/C22H24ClN3O5S/c1-14(19-24-21(25-31-19)22(2,3)4)30-20(27)15-8-6-11-18(12-15)32(28,29)26(5)17-10-7-9-16(23)13-17/h6-14H,1-5H3/t14-/m1/s1. The zero-order valence-corrected chi connectivity index (χ0v) is 19.9. The van der Waals surface area contributed by atoms with Gasteiger partial charge in [0, 0.05) is 17.5 Å². The van der Waals surface area contributed by atoms with Crippen molar-refractivity contribution >= 4 is 33.3 Å². The third kappa shape index (κ3) is 5.11. The fraction of sp³-hybridized carbons (Fsp3) is 0.318. The van der Waals surface area contributed by atoms with Crippen molar-refractivity contribution in [2.24, 2.45) is 0 Å². The fourth-order valence-corrected chi connectivity index (χ4v) is 4.15. The number of nitrogens with zero attached hydrogens (tertiary/aromatic N) is 3. The number of benzene rings is 2. The van der Waals surface area contributed by atoms with E-state index < -0.39 is 22.1 Å². The van der Waals surface area contributed by atoms with Crippen LogP contribution in [0.4, 0.5) is 5.69 Å². The average Bonchev–Trinajstić information content (AvgIpc) is 3.24. The van der Waals surface area contributed by atoms with Crippen LogP contribution in [0, 0.1) is 0 Å². The summed E-state index contributed by atoms with van der Waals surface area (Å²) in [5.74, 6) is -0.0595. The summed E-state index contributed by atoms with van der Waals surface area (Å²) >= 11 is 5.98. The summed E-state index contributed by atoms with van der Waals surface area (Å²) in [5, 5.41) is 4.33. The van der Waals surface area contributed by atoms with Crippen molar-refractivity contribution in [1.82, 2.24) is 10.1 Å². The van der Waals surface area contributed by atoms with Gasteiger partial charge in [0.2, 0.25) is 0 Å². The van der Waals surface area contributed by atoms with Gasteiger partial charge in [-0.15, -0.1) is 0 Å². The van der Waals surface area contributed by atoms with Crippen LogP contribution >= 0.6 is 11.6 Å². The van der Waals surface area contributed by atoms with Crippen LogP contribution in [-0.2, 0) is 20.2 Å². The molecule has 1 atom stereocenters. The number of hydrogen-bond donors (Lipinski definition) is 0. The smallest absolute Gasteiger partial charge is 0.338 e. The molecule has 0 aliphatic carbocycles. The predicted molar refractivity (Wildman–Crippen MR) is 120 cm³/mol. The number of halogens is 1. The Bertz CT molecular complexity index is 1230. The quantitative estimate of drug-likeness (QED) is 0.471. The largest absolute Gasteiger partial charge is 0.449 e. The summed E-state index contributed by atoms with van der Waals surface area (Å²) < 4.78 is 37.8. The molecular weight excluding hydrogens is 454 g/mol. The van der Waals surface area contributed by atoms with E-state index in [0.717, 1.165) is 4.31 Å². The van der Waals surface area contributed by atoms with Gasteiger partial charge in [-0.05, 0) is 43.3 Å². The van der Waals surface area contributed by atoms with E-state index >= 15 is 0 Å². The molecule has 0 aliphatic heterocycles. The third-order valence-electron chi connectivity index (χ3n) is 4.64. The van der Waals surface area contributed by atoms with Gasteiger partial charge in [0.15, 0.2) is 11.9 Å². The highest BCUT2D eigenvalue weighted by Gasteiger charge is 2.26. The molecule has 0 saturated carbocycles. The summed E-state index contributed by atoms with van der Waals surface area (Å²) in [4.78, 5) is 16.9. The number of aromatic nitrogens is 2. The molecule has 1 heterocycles. The van der Waals surface area contributed by atoms with E-state index in [1.165, 1.54) is 37.4 Å². The minimum Gasteiger partial charge on any atom is -0.449 e. The Morgan fingerprint density at radius 3 is 2.47 bits per heavy atom. The molecule has 0 fully saturated rings. The highest BCUT2D eigenvalue weighted by molar-refractivity contribution is 7.92. The summed E-state index contributed by atoms with van der Waals surface area (Å²) in [6.45, 7) is 7.41. The normalized spacial score (nSPS) is 12.9. The van der Waals surface area contributed by atoms with Crippen LogP contribution in [0.15, 0.2) is 57.9 Å². The van der Waals surface area contributed by atoms with Gasteiger partial charge in [0.25, 0.3) is 15.9 Å². The van der Waals surface area contributed by atoms with Crippen molar-refractivity contribution in [3.05, 3.63) is 70.8 Å². The molecule has 0 N–H and O–H groups in total. The van der Waals surface area contributed by atoms with Gasteiger partial charge in [-0.2, -0.15) is 4.98 Å². The molecule has 0 aliphatic rings. The Hall–Kier alpha value is -2.91. The van der Waals surface area contributed by atoms with Gasteiger partial charge in [0.05, 0.1) is 16.1 Å². The number of hydrogen-bond acceptors (Lipinski definition) is 7. The first-order chi connectivity index (χ1) is 14.9. The first kappa shape index (κ1) is 23.7. The van der Waals surface area contributed by atoms with Crippen LogP contribution in [0.2, 0.25) is 5.02 Å². The maximum atomic E-state index is 13.1. The van der Waals surface area contributed by atoms with Gasteiger partial charge in [-0.3, -0.25) is 4.31 Å². The molecule has 1 aromatic heterocycles. The number of carbonyl (C=O) groups excluding carboxylic acids is 1. The van der Waals surface area contributed by atoms with Gasteiger partial charge in [-0.25, -0.2) is 13.2 Å². The fourth-order valence-electron chi connectivity index (χ4n) is 2.74. The van der Waals surface area contributed by atoms with Crippen LogP contribution in [0.5, 0.6) is 0 Å². The summed E-state index contributed by atoms with van der Waals surface area (Å²) in [5.41, 5.74) is 0.154. The zero-order valence-electron chi connectivity index (χ0n) is 18.4. The van der Waals surface area contributed by atoms with Gasteiger partial charge < -0.3 is 9.26 Å². The van der Waals surface area contributed by atoms with Crippen molar-refractivity contribution in [2.75, 3.05) is 11.4 Å². The monoisotopic (exact) mass is 477 g/mol. The van der Waals surface area contributed by atoms with E-state index in [-0.39, 0.29) is 21.8 Å². The Balaban J connectivity index is 1.80. The van der Waals surface area contributed by atoms with Crippen LogP contribution in [0.1, 0.15) is 55.9 Å². The Morgan fingerprint density at radius 1 is 1.16 bits per heavy atom. The van der Waals surface area contributed by atoms with Crippen molar-refractivity contribution < 1.29 is 22.5 Å². The number of esters is 1. The molecule has 32 heavy (non-hydrogen) atoms. The molecular formula is C22H24ClN3O5S. The second-order valence-electron chi connectivity index (χ2n) is 8.23. The van der Waals surface area contributed by atoms with Crippen LogP contribution in [-0.4, -0.2) is 31.6 Å². The third-order valence-corrected chi connectivity index (χ3v) is 6.66. The van der Waals surface area contributed by atoms with E-state index in [4.69, 9.17) is 20.9 Å². The van der Waals surface area contributed by atoms with Crippen molar-refractivity contribution in [1.29, 1.82) is 0 Å². The lowest BCUT2D eigenvalue weighted by Crippen LogP contribution is -2.26. The van der Waals surface area contributed by atoms with E-state index in [1.54, 1.807) is 25.1 Å². The molecule has 170 valence electrons. The molecule has 0 spiro atoms. The maximum absolute atomic E-state index is 13.1. The summed E-state index contributed by atoms with van der Waals surface area (Å²) in [6, 6.07) is 12.1.